The van der Waals surface area contributed by atoms with Crippen LogP contribution in [0.2, 0.25) is 0 Å². The lowest BCUT2D eigenvalue weighted by Gasteiger charge is -2.21. The lowest BCUT2D eigenvalue weighted by atomic mass is 10.2. The molecule has 0 saturated carbocycles. The molecule has 2 rings (SSSR count). The van der Waals surface area contributed by atoms with Crippen molar-refractivity contribution in [1.29, 1.82) is 0 Å². The van der Waals surface area contributed by atoms with Crippen molar-refractivity contribution in [2.75, 3.05) is 23.5 Å². The molecule has 0 amide bonds. The zero-order valence-electron chi connectivity index (χ0n) is 10.7. The van der Waals surface area contributed by atoms with Crippen LogP contribution in [0.1, 0.15) is 25.7 Å². The van der Waals surface area contributed by atoms with Gasteiger partial charge in [0, 0.05) is 19.2 Å². The fourth-order valence-corrected chi connectivity index (χ4v) is 3.46. The average molecular weight is 285 g/mol. The lowest BCUT2D eigenvalue weighted by molar-refractivity contribution is 0.427. The minimum atomic E-state index is -3.57. The lowest BCUT2D eigenvalue weighted by Crippen LogP contribution is -2.36. The molecule has 1 aromatic carbocycles. The van der Waals surface area contributed by atoms with E-state index in [1.807, 2.05) is 0 Å². The highest BCUT2D eigenvalue weighted by atomic mass is 32.2. The van der Waals surface area contributed by atoms with Gasteiger partial charge in [-0.2, -0.15) is 12.7 Å². The summed E-state index contributed by atoms with van der Waals surface area (Å²) in [7, 11) is -3.57. The zero-order valence-corrected chi connectivity index (χ0v) is 11.5. The Morgan fingerprint density at radius 2 is 1.79 bits per heavy atom. The molecule has 1 aliphatic rings. The molecule has 7 heteroatoms. The van der Waals surface area contributed by atoms with Gasteiger partial charge in [-0.1, -0.05) is 12.8 Å². The molecular weight excluding hydrogens is 266 g/mol. The Hall–Kier alpha value is -1.47. The Bertz CT molecular complexity index is 537. The van der Waals surface area contributed by atoms with E-state index in [0.29, 0.717) is 18.8 Å². The molecule has 1 heterocycles. The number of hydrogen-bond acceptors (Lipinski definition) is 4. The minimum Gasteiger partial charge on any atom is -0.508 e. The topological polar surface area (TPSA) is 95.7 Å². The molecule has 0 bridgehead atoms. The molecule has 0 unspecified atom stereocenters. The third kappa shape index (κ3) is 3.51. The van der Waals surface area contributed by atoms with Crippen molar-refractivity contribution in [3.05, 3.63) is 18.2 Å². The highest BCUT2D eigenvalue weighted by Crippen LogP contribution is 2.25. The SMILES string of the molecule is Nc1cc(O)ccc1NS(=O)(=O)N1CCCCCC1. The maximum absolute atomic E-state index is 12.2. The van der Waals surface area contributed by atoms with Crippen molar-refractivity contribution in [2.24, 2.45) is 0 Å². The summed E-state index contributed by atoms with van der Waals surface area (Å²) in [5.74, 6) is 0.00946. The predicted molar refractivity (Wildman–Crippen MR) is 75.1 cm³/mol. The maximum Gasteiger partial charge on any atom is 0.301 e. The number of phenolic OH excluding ortho intramolecular Hbond substituents is 1. The molecular formula is C12H19N3O3S. The smallest absolute Gasteiger partial charge is 0.301 e. The molecule has 19 heavy (non-hydrogen) atoms. The number of nitrogens with one attached hydrogen (secondary N) is 1. The van der Waals surface area contributed by atoms with Crippen LogP contribution in [0, 0.1) is 0 Å². The summed E-state index contributed by atoms with van der Waals surface area (Å²) in [6.45, 7) is 1.07. The van der Waals surface area contributed by atoms with Crippen LogP contribution in [-0.4, -0.2) is 30.9 Å². The van der Waals surface area contributed by atoms with E-state index >= 15 is 0 Å². The van der Waals surface area contributed by atoms with Crippen LogP contribution in [-0.2, 0) is 10.2 Å². The van der Waals surface area contributed by atoms with Crippen LogP contribution in [0.15, 0.2) is 18.2 Å². The van der Waals surface area contributed by atoms with Gasteiger partial charge in [0.05, 0.1) is 11.4 Å². The first-order chi connectivity index (χ1) is 8.99. The van der Waals surface area contributed by atoms with E-state index in [9.17, 15) is 13.5 Å². The van der Waals surface area contributed by atoms with E-state index in [4.69, 9.17) is 5.73 Å². The van der Waals surface area contributed by atoms with Crippen molar-refractivity contribution in [2.45, 2.75) is 25.7 Å². The highest BCUT2D eigenvalue weighted by Gasteiger charge is 2.23. The average Bonchev–Trinajstić information content (AvgIpc) is 2.62. The van der Waals surface area contributed by atoms with E-state index < -0.39 is 10.2 Å². The normalized spacial score (nSPS) is 17.9. The van der Waals surface area contributed by atoms with Gasteiger partial charge in [0.2, 0.25) is 0 Å². The quantitative estimate of drug-likeness (QED) is 0.579. The van der Waals surface area contributed by atoms with Gasteiger partial charge in [0.15, 0.2) is 0 Å². The van der Waals surface area contributed by atoms with Gasteiger partial charge in [-0.3, -0.25) is 4.72 Å². The highest BCUT2D eigenvalue weighted by molar-refractivity contribution is 7.90. The summed E-state index contributed by atoms with van der Waals surface area (Å²) >= 11 is 0. The van der Waals surface area contributed by atoms with E-state index in [0.717, 1.165) is 25.7 Å². The maximum atomic E-state index is 12.2. The minimum absolute atomic E-state index is 0.00946. The molecule has 1 saturated heterocycles. The number of nitrogens with zero attached hydrogens (tertiary/aromatic N) is 1. The number of phenols is 1. The summed E-state index contributed by atoms with van der Waals surface area (Å²) < 4.78 is 28.4. The second-order valence-corrected chi connectivity index (χ2v) is 6.36. The van der Waals surface area contributed by atoms with E-state index in [-0.39, 0.29) is 11.4 Å². The Kier molecular flexibility index (Phi) is 4.16. The second kappa shape index (κ2) is 5.66. The molecule has 1 fully saturated rings. The molecule has 1 aromatic rings. The van der Waals surface area contributed by atoms with Gasteiger partial charge in [-0.15, -0.1) is 0 Å². The molecule has 4 N–H and O–H groups in total. The third-order valence-electron chi connectivity index (χ3n) is 3.18. The first-order valence-corrected chi connectivity index (χ1v) is 7.79. The Labute approximate surface area is 113 Å². The van der Waals surface area contributed by atoms with Crippen LogP contribution in [0.25, 0.3) is 0 Å². The summed E-state index contributed by atoms with van der Waals surface area (Å²) in [6.07, 6.45) is 3.89. The predicted octanol–water partition coefficient (Wildman–Crippen LogP) is 1.51. The molecule has 0 spiro atoms. The number of aromatic hydroxyl groups is 1. The monoisotopic (exact) mass is 285 g/mol. The summed E-state index contributed by atoms with van der Waals surface area (Å²) in [6, 6.07) is 4.18. The van der Waals surface area contributed by atoms with Crippen molar-refractivity contribution in [3.8, 4) is 5.75 Å². The number of benzene rings is 1. The number of nitrogen functional groups attached to an aromatic ring is 1. The van der Waals surface area contributed by atoms with E-state index in [1.54, 1.807) is 0 Å². The summed E-state index contributed by atoms with van der Waals surface area (Å²) in [5.41, 5.74) is 6.18. The van der Waals surface area contributed by atoms with Crippen molar-refractivity contribution in [3.63, 3.8) is 0 Å². The molecule has 0 radical (unpaired) electrons. The van der Waals surface area contributed by atoms with Gasteiger partial charge >= 0.3 is 10.2 Å². The number of anilines is 2. The van der Waals surface area contributed by atoms with Crippen molar-refractivity contribution >= 4 is 21.6 Å². The van der Waals surface area contributed by atoms with E-state index in [2.05, 4.69) is 4.72 Å². The van der Waals surface area contributed by atoms with Crippen LogP contribution in [0.4, 0.5) is 11.4 Å². The van der Waals surface area contributed by atoms with E-state index in [1.165, 1.54) is 22.5 Å². The first-order valence-electron chi connectivity index (χ1n) is 6.35. The largest absolute Gasteiger partial charge is 0.508 e. The second-order valence-electron chi connectivity index (χ2n) is 4.69. The fraction of sp³-hybridized carbons (Fsp3) is 0.500. The van der Waals surface area contributed by atoms with Crippen molar-refractivity contribution < 1.29 is 13.5 Å². The Balaban J connectivity index is 2.15. The zero-order chi connectivity index (χ0) is 13.9. The van der Waals surface area contributed by atoms with Gasteiger partial charge in [0.25, 0.3) is 0 Å². The van der Waals surface area contributed by atoms with Gasteiger partial charge in [-0.05, 0) is 25.0 Å². The summed E-state index contributed by atoms with van der Waals surface area (Å²) in [5, 5.41) is 9.25. The molecule has 0 aromatic heterocycles. The fourth-order valence-electron chi connectivity index (χ4n) is 2.13. The molecule has 6 nitrogen and oxygen atoms in total. The van der Waals surface area contributed by atoms with Gasteiger partial charge in [0.1, 0.15) is 5.75 Å². The van der Waals surface area contributed by atoms with Crippen molar-refractivity contribution in [1.82, 2.24) is 4.31 Å². The van der Waals surface area contributed by atoms with Crippen LogP contribution >= 0.6 is 0 Å². The summed E-state index contributed by atoms with van der Waals surface area (Å²) in [4.78, 5) is 0. The van der Waals surface area contributed by atoms with Gasteiger partial charge < -0.3 is 10.8 Å². The van der Waals surface area contributed by atoms with Crippen LogP contribution in [0.5, 0.6) is 5.75 Å². The third-order valence-corrected chi connectivity index (χ3v) is 4.70. The standard InChI is InChI=1S/C12H19N3O3S/c13-11-9-10(16)5-6-12(11)14-19(17,18)15-7-3-1-2-4-8-15/h5-6,9,14,16H,1-4,7-8,13H2. The van der Waals surface area contributed by atoms with Crippen LogP contribution < -0.4 is 10.5 Å². The number of nitrogens with two attached hydrogens (primary N) is 1. The number of rotatable bonds is 3. The van der Waals surface area contributed by atoms with Crippen LogP contribution in [0.3, 0.4) is 0 Å². The molecule has 1 aliphatic heterocycles. The van der Waals surface area contributed by atoms with Gasteiger partial charge in [-0.25, -0.2) is 0 Å². The molecule has 0 aliphatic carbocycles. The molecule has 106 valence electrons. The Morgan fingerprint density at radius 1 is 1.16 bits per heavy atom. The molecule has 0 atom stereocenters. The first kappa shape index (κ1) is 14.0. The number of hydrogen-bond donors (Lipinski definition) is 3. The Morgan fingerprint density at radius 3 is 2.37 bits per heavy atom.